The van der Waals surface area contributed by atoms with E-state index in [1.807, 2.05) is 5.38 Å². The van der Waals surface area contributed by atoms with E-state index in [0.29, 0.717) is 0 Å². The van der Waals surface area contributed by atoms with Gasteiger partial charge in [0.25, 0.3) is 0 Å². The zero-order valence-corrected chi connectivity index (χ0v) is 8.44. The maximum atomic E-state index is 10.7. The van der Waals surface area contributed by atoms with E-state index < -0.39 is 0 Å². The van der Waals surface area contributed by atoms with E-state index in [-0.39, 0.29) is 0 Å². The van der Waals surface area contributed by atoms with Gasteiger partial charge in [-0.1, -0.05) is 11.6 Å². The van der Waals surface area contributed by atoms with E-state index in [1.54, 1.807) is 11.3 Å². The Labute approximate surface area is 81.0 Å². The van der Waals surface area contributed by atoms with Crippen molar-refractivity contribution in [3.63, 3.8) is 0 Å². The van der Waals surface area contributed by atoms with Gasteiger partial charge in [0.15, 0.2) is 6.29 Å². The van der Waals surface area contributed by atoms with E-state index in [1.165, 1.54) is 15.8 Å². The number of hydrogen-bond acceptors (Lipinski definition) is 2. The quantitative estimate of drug-likeness (QED) is 0.630. The minimum absolute atomic E-state index is 0.812. The van der Waals surface area contributed by atoms with Crippen molar-refractivity contribution >= 4 is 27.7 Å². The summed E-state index contributed by atoms with van der Waals surface area (Å²) in [6.07, 6.45) is 0.928. The second-order valence-electron chi connectivity index (χ2n) is 3.27. The molecule has 1 heterocycles. The molecule has 0 amide bonds. The van der Waals surface area contributed by atoms with Crippen LogP contribution in [0, 0.1) is 13.8 Å². The molecular formula is C11H10OS. The summed E-state index contributed by atoms with van der Waals surface area (Å²) < 4.78 is 1.23. The number of aryl methyl sites for hydroxylation is 2. The van der Waals surface area contributed by atoms with Gasteiger partial charge in [-0.2, -0.15) is 0 Å². The highest BCUT2D eigenvalue weighted by atomic mass is 32.1. The van der Waals surface area contributed by atoms with Crippen molar-refractivity contribution in [2.24, 2.45) is 0 Å². The van der Waals surface area contributed by atoms with E-state index in [9.17, 15) is 4.79 Å². The second-order valence-corrected chi connectivity index (χ2v) is 4.15. The van der Waals surface area contributed by atoms with Crippen molar-refractivity contribution in [3.05, 3.63) is 34.2 Å². The fourth-order valence-electron chi connectivity index (χ4n) is 1.60. The molecule has 0 N–H and O–H groups in total. The Kier molecular flexibility index (Phi) is 1.93. The minimum Gasteiger partial charge on any atom is -0.298 e. The number of rotatable bonds is 1. The molecule has 2 rings (SSSR count). The van der Waals surface area contributed by atoms with Crippen molar-refractivity contribution < 1.29 is 4.79 Å². The molecule has 66 valence electrons. The summed E-state index contributed by atoms with van der Waals surface area (Å²) in [7, 11) is 0. The Bertz CT molecular complexity index is 468. The highest BCUT2D eigenvalue weighted by molar-refractivity contribution is 7.17. The summed E-state index contributed by atoms with van der Waals surface area (Å²) in [5.74, 6) is 0. The van der Waals surface area contributed by atoms with E-state index in [0.717, 1.165) is 17.2 Å². The molecule has 1 aromatic carbocycles. The lowest BCUT2D eigenvalue weighted by atomic mass is 10.1. The van der Waals surface area contributed by atoms with Gasteiger partial charge in [0.05, 0.1) is 0 Å². The topological polar surface area (TPSA) is 17.1 Å². The molecular weight excluding hydrogens is 180 g/mol. The standard InChI is InChI=1S/C11H10OS/c1-7-3-8(2)11-10(4-7)9(5-12)6-13-11/h3-6H,1-2H3. The highest BCUT2D eigenvalue weighted by Gasteiger charge is 2.05. The Balaban J connectivity index is 2.89. The molecule has 0 fully saturated rings. The Morgan fingerprint density at radius 2 is 2.08 bits per heavy atom. The molecule has 0 atom stereocenters. The zero-order valence-electron chi connectivity index (χ0n) is 7.63. The Morgan fingerprint density at radius 3 is 2.77 bits per heavy atom. The lowest BCUT2D eigenvalue weighted by Gasteiger charge is -1.98. The van der Waals surface area contributed by atoms with Crippen molar-refractivity contribution in [1.82, 2.24) is 0 Å². The van der Waals surface area contributed by atoms with Gasteiger partial charge in [0, 0.05) is 21.0 Å². The first-order chi connectivity index (χ1) is 6.22. The molecule has 0 saturated heterocycles. The Morgan fingerprint density at radius 1 is 1.31 bits per heavy atom. The predicted molar refractivity (Wildman–Crippen MR) is 56.7 cm³/mol. The molecule has 0 aliphatic carbocycles. The largest absolute Gasteiger partial charge is 0.298 e. The highest BCUT2D eigenvalue weighted by Crippen LogP contribution is 2.28. The van der Waals surface area contributed by atoms with Gasteiger partial charge < -0.3 is 0 Å². The average Bonchev–Trinajstić information content (AvgIpc) is 2.47. The predicted octanol–water partition coefficient (Wildman–Crippen LogP) is 3.33. The normalized spacial score (nSPS) is 10.6. The number of hydrogen-bond donors (Lipinski definition) is 0. The lowest BCUT2D eigenvalue weighted by Crippen LogP contribution is -1.80. The van der Waals surface area contributed by atoms with Crippen LogP contribution in [0.4, 0.5) is 0 Å². The van der Waals surface area contributed by atoms with Crippen LogP contribution in [0.2, 0.25) is 0 Å². The molecule has 0 spiro atoms. The molecule has 0 bridgehead atoms. The molecule has 0 unspecified atom stereocenters. The van der Waals surface area contributed by atoms with Crippen molar-refractivity contribution in [2.45, 2.75) is 13.8 Å². The molecule has 0 radical (unpaired) electrons. The van der Waals surface area contributed by atoms with Crippen LogP contribution in [-0.2, 0) is 0 Å². The first-order valence-corrected chi connectivity index (χ1v) is 5.04. The summed E-state index contributed by atoms with van der Waals surface area (Å²) in [5.41, 5.74) is 3.28. The van der Waals surface area contributed by atoms with Gasteiger partial charge in [-0.05, 0) is 25.5 Å². The van der Waals surface area contributed by atoms with E-state index in [2.05, 4.69) is 26.0 Å². The maximum absolute atomic E-state index is 10.7. The first-order valence-electron chi connectivity index (χ1n) is 4.16. The second kappa shape index (κ2) is 2.96. The number of carbonyl (C=O) groups excluding carboxylic acids is 1. The van der Waals surface area contributed by atoms with Crippen LogP contribution in [0.3, 0.4) is 0 Å². The SMILES string of the molecule is Cc1cc(C)c2scc(C=O)c2c1. The third kappa shape index (κ3) is 1.27. The molecule has 0 saturated carbocycles. The van der Waals surface area contributed by atoms with Crippen LogP contribution in [-0.4, -0.2) is 6.29 Å². The van der Waals surface area contributed by atoms with Gasteiger partial charge in [0.1, 0.15) is 0 Å². The number of carbonyl (C=O) groups is 1. The molecule has 13 heavy (non-hydrogen) atoms. The Hall–Kier alpha value is -1.15. The third-order valence-electron chi connectivity index (χ3n) is 2.16. The fraction of sp³-hybridized carbons (Fsp3) is 0.182. The maximum Gasteiger partial charge on any atom is 0.151 e. The van der Waals surface area contributed by atoms with E-state index >= 15 is 0 Å². The van der Waals surface area contributed by atoms with Crippen molar-refractivity contribution in [3.8, 4) is 0 Å². The van der Waals surface area contributed by atoms with Crippen LogP contribution in [0.25, 0.3) is 10.1 Å². The molecule has 2 heteroatoms. The van der Waals surface area contributed by atoms with Crippen molar-refractivity contribution in [1.29, 1.82) is 0 Å². The number of benzene rings is 1. The van der Waals surface area contributed by atoms with Gasteiger partial charge in [0.2, 0.25) is 0 Å². The van der Waals surface area contributed by atoms with Crippen LogP contribution in [0.1, 0.15) is 21.5 Å². The number of aldehydes is 1. The number of thiophene rings is 1. The van der Waals surface area contributed by atoms with Crippen LogP contribution >= 0.6 is 11.3 Å². The van der Waals surface area contributed by atoms with Crippen LogP contribution in [0.15, 0.2) is 17.5 Å². The van der Waals surface area contributed by atoms with Crippen LogP contribution in [0.5, 0.6) is 0 Å². The summed E-state index contributed by atoms with van der Waals surface area (Å²) in [6.45, 7) is 4.14. The van der Waals surface area contributed by atoms with Gasteiger partial charge in [-0.25, -0.2) is 0 Å². The smallest absolute Gasteiger partial charge is 0.151 e. The minimum atomic E-state index is 0.812. The number of fused-ring (bicyclic) bond motifs is 1. The molecule has 0 aliphatic heterocycles. The summed E-state index contributed by atoms with van der Waals surface area (Å²) in [5, 5.41) is 3.02. The summed E-state index contributed by atoms with van der Waals surface area (Å²) in [4.78, 5) is 10.7. The zero-order chi connectivity index (χ0) is 9.42. The van der Waals surface area contributed by atoms with Gasteiger partial charge in [-0.15, -0.1) is 11.3 Å². The summed E-state index contributed by atoms with van der Waals surface area (Å²) in [6, 6.07) is 4.22. The van der Waals surface area contributed by atoms with Crippen LogP contribution < -0.4 is 0 Å². The molecule has 2 aromatic rings. The molecule has 0 aliphatic rings. The third-order valence-corrected chi connectivity index (χ3v) is 3.31. The molecule has 1 nitrogen and oxygen atoms in total. The average molecular weight is 190 g/mol. The monoisotopic (exact) mass is 190 g/mol. The lowest BCUT2D eigenvalue weighted by molar-refractivity contribution is 0.112. The van der Waals surface area contributed by atoms with Gasteiger partial charge in [-0.3, -0.25) is 4.79 Å². The summed E-state index contributed by atoms with van der Waals surface area (Å²) >= 11 is 1.64. The molecule has 1 aromatic heterocycles. The van der Waals surface area contributed by atoms with Gasteiger partial charge >= 0.3 is 0 Å². The van der Waals surface area contributed by atoms with Crippen molar-refractivity contribution in [2.75, 3.05) is 0 Å². The van der Waals surface area contributed by atoms with E-state index in [4.69, 9.17) is 0 Å². The first kappa shape index (κ1) is 8.45. The fourth-order valence-corrected chi connectivity index (χ4v) is 2.58.